The number of carbonyl (C=O) groups is 2. The van der Waals surface area contributed by atoms with E-state index >= 15 is 0 Å². The molecule has 0 aliphatic heterocycles. The minimum atomic E-state index is -1.34. The summed E-state index contributed by atoms with van der Waals surface area (Å²) >= 11 is 0. The van der Waals surface area contributed by atoms with Crippen molar-refractivity contribution in [3.05, 3.63) is 24.2 Å². The minimum absolute atomic E-state index is 0.0472. The smallest absolute Gasteiger partial charge is 0.286 e. The van der Waals surface area contributed by atoms with Crippen molar-refractivity contribution in [2.24, 2.45) is 0 Å². The Bertz CT molecular complexity index is 414. The molecular weight excluding hydrogens is 252 g/mol. The summed E-state index contributed by atoms with van der Waals surface area (Å²) in [5, 5.41) is 23.2. The van der Waals surface area contributed by atoms with Crippen LogP contribution < -0.4 is 10.6 Å². The van der Waals surface area contributed by atoms with E-state index in [0.29, 0.717) is 0 Å². The van der Waals surface area contributed by atoms with Crippen molar-refractivity contribution < 1.29 is 24.2 Å². The Hall–Kier alpha value is -1.86. The normalized spacial score (nSPS) is 13.6. The third-order valence-corrected chi connectivity index (χ3v) is 2.39. The summed E-state index contributed by atoms with van der Waals surface area (Å²) in [6.07, 6.45) is 1.46. The van der Waals surface area contributed by atoms with Gasteiger partial charge in [0.1, 0.15) is 5.60 Å². The lowest BCUT2D eigenvalue weighted by molar-refractivity contribution is -0.122. The average molecular weight is 270 g/mol. The van der Waals surface area contributed by atoms with E-state index in [1.807, 2.05) is 0 Å². The van der Waals surface area contributed by atoms with Gasteiger partial charge in [-0.15, -0.1) is 0 Å². The predicted octanol–water partition coefficient (Wildman–Crippen LogP) is -0.741. The van der Waals surface area contributed by atoms with Gasteiger partial charge in [-0.25, -0.2) is 0 Å². The minimum Gasteiger partial charge on any atom is -0.459 e. The maximum atomic E-state index is 11.4. The van der Waals surface area contributed by atoms with Gasteiger partial charge in [-0.2, -0.15) is 0 Å². The van der Waals surface area contributed by atoms with Gasteiger partial charge in [-0.1, -0.05) is 0 Å². The third kappa shape index (κ3) is 5.54. The fourth-order valence-corrected chi connectivity index (χ4v) is 1.22. The summed E-state index contributed by atoms with van der Waals surface area (Å²) in [5.41, 5.74) is -1.34. The molecule has 0 aromatic carbocycles. The Morgan fingerprint density at radius 1 is 1.42 bits per heavy atom. The van der Waals surface area contributed by atoms with Crippen molar-refractivity contribution in [3.63, 3.8) is 0 Å². The van der Waals surface area contributed by atoms with Crippen LogP contribution in [0.4, 0.5) is 0 Å². The first kappa shape index (κ1) is 15.2. The molecule has 0 aliphatic rings. The van der Waals surface area contributed by atoms with Crippen LogP contribution in [0.5, 0.6) is 0 Å². The maximum absolute atomic E-state index is 11.4. The van der Waals surface area contributed by atoms with E-state index < -0.39 is 12.2 Å². The Kier molecular flexibility index (Phi) is 5.53. The van der Waals surface area contributed by atoms with Gasteiger partial charge < -0.3 is 25.3 Å². The largest absolute Gasteiger partial charge is 0.459 e. The monoisotopic (exact) mass is 270 g/mol. The van der Waals surface area contributed by atoms with Gasteiger partial charge in [0.2, 0.25) is 5.91 Å². The number of hydrogen-bond acceptors (Lipinski definition) is 5. The van der Waals surface area contributed by atoms with Crippen molar-refractivity contribution in [3.8, 4) is 0 Å². The lowest BCUT2D eigenvalue weighted by atomic mass is 10.1. The standard InChI is InChI=1S/C12H18N2O5/c1-12(18,8-15)7-14-10(16)4-5-13-11(17)9-3-2-6-19-9/h2-3,6,15,18H,4-5,7-8H2,1H3,(H,13,17)(H,14,16). The number of furan rings is 1. The van der Waals surface area contributed by atoms with Crippen LogP contribution in [0.1, 0.15) is 23.9 Å². The maximum Gasteiger partial charge on any atom is 0.286 e. The summed E-state index contributed by atoms with van der Waals surface area (Å²) in [6.45, 7) is 1.08. The van der Waals surface area contributed by atoms with Crippen molar-refractivity contribution >= 4 is 11.8 Å². The lowest BCUT2D eigenvalue weighted by Gasteiger charge is -2.20. The lowest BCUT2D eigenvalue weighted by Crippen LogP contribution is -2.43. The van der Waals surface area contributed by atoms with Crippen molar-refractivity contribution in [2.45, 2.75) is 18.9 Å². The predicted molar refractivity (Wildman–Crippen MR) is 66.4 cm³/mol. The van der Waals surface area contributed by atoms with E-state index in [-0.39, 0.29) is 37.1 Å². The SMILES string of the molecule is CC(O)(CO)CNC(=O)CCNC(=O)c1ccco1. The highest BCUT2D eigenvalue weighted by Gasteiger charge is 2.19. The molecule has 4 N–H and O–H groups in total. The van der Waals surface area contributed by atoms with Crippen molar-refractivity contribution in [2.75, 3.05) is 19.7 Å². The Balaban J connectivity index is 2.19. The molecule has 1 heterocycles. The number of aliphatic hydroxyl groups excluding tert-OH is 1. The quantitative estimate of drug-likeness (QED) is 0.521. The molecule has 1 atom stereocenters. The highest BCUT2D eigenvalue weighted by atomic mass is 16.3. The summed E-state index contributed by atoms with van der Waals surface area (Å²) in [5.74, 6) is -0.530. The van der Waals surface area contributed by atoms with Gasteiger partial charge in [0.15, 0.2) is 5.76 Å². The van der Waals surface area contributed by atoms with Crippen LogP contribution in [-0.2, 0) is 4.79 Å². The van der Waals surface area contributed by atoms with Gasteiger partial charge >= 0.3 is 0 Å². The molecule has 7 heteroatoms. The molecule has 0 saturated heterocycles. The average Bonchev–Trinajstić information content (AvgIpc) is 2.90. The molecule has 1 rings (SSSR count). The Morgan fingerprint density at radius 2 is 2.16 bits per heavy atom. The second kappa shape index (κ2) is 6.91. The molecular formula is C12H18N2O5. The Labute approximate surface area is 110 Å². The number of rotatable bonds is 7. The first-order valence-corrected chi connectivity index (χ1v) is 5.86. The third-order valence-electron chi connectivity index (χ3n) is 2.39. The summed E-state index contributed by atoms with van der Waals surface area (Å²) in [6, 6.07) is 3.12. The van der Waals surface area contributed by atoms with Crippen LogP contribution in [-0.4, -0.2) is 47.3 Å². The van der Waals surface area contributed by atoms with E-state index in [4.69, 9.17) is 9.52 Å². The molecule has 1 aromatic heterocycles. The van der Waals surface area contributed by atoms with Gasteiger partial charge in [0.05, 0.1) is 12.9 Å². The van der Waals surface area contributed by atoms with Crippen LogP contribution in [0.25, 0.3) is 0 Å². The van der Waals surface area contributed by atoms with E-state index in [2.05, 4.69) is 10.6 Å². The van der Waals surface area contributed by atoms with Gasteiger partial charge in [-0.05, 0) is 19.1 Å². The van der Waals surface area contributed by atoms with Crippen molar-refractivity contribution in [1.82, 2.24) is 10.6 Å². The number of nitrogens with one attached hydrogen (secondary N) is 2. The molecule has 1 aromatic rings. The molecule has 0 aliphatic carbocycles. The summed E-state index contributed by atoms with van der Waals surface area (Å²) in [4.78, 5) is 22.8. The van der Waals surface area contributed by atoms with Crippen LogP contribution in [0.15, 0.2) is 22.8 Å². The van der Waals surface area contributed by atoms with Crippen molar-refractivity contribution in [1.29, 1.82) is 0 Å². The van der Waals surface area contributed by atoms with Gasteiger partial charge in [0, 0.05) is 19.5 Å². The molecule has 7 nitrogen and oxygen atoms in total. The van der Waals surface area contributed by atoms with Crippen LogP contribution in [0.2, 0.25) is 0 Å². The number of hydrogen-bond donors (Lipinski definition) is 4. The van der Waals surface area contributed by atoms with Gasteiger partial charge in [-0.3, -0.25) is 9.59 Å². The molecule has 0 bridgehead atoms. The van der Waals surface area contributed by atoms with Crippen LogP contribution in [0, 0.1) is 0 Å². The molecule has 0 radical (unpaired) electrons. The number of amides is 2. The molecule has 19 heavy (non-hydrogen) atoms. The second-order valence-corrected chi connectivity index (χ2v) is 4.41. The molecule has 106 valence electrons. The summed E-state index contributed by atoms with van der Waals surface area (Å²) < 4.78 is 4.89. The zero-order valence-corrected chi connectivity index (χ0v) is 10.7. The molecule has 0 saturated carbocycles. The highest BCUT2D eigenvalue weighted by molar-refractivity contribution is 5.91. The number of aliphatic hydroxyl groups is 2. The number of carbonyl (C=O) groups excluding carboxylic acids is 2. The summed E-state index contributed by atoms with van der Waals surface area (Å²) in [7, 11) is 0. The second-order valence-electron chi connectivity index (χ2n) is 4.41. The molecule has 0 fully saturated rings. The van der Waals surface area contributed by atoms with E-state index in [9.17, 15) is 14.7 Å². The van der Waals surface area contributed by atoms with E-state index in [0.717, 1.165) is 0 Å². The van der Waals surface area contributed by atoms with Crippen LogP contribution in [0.3, 0.4) is 0 Å². The fourth-order valence-electron chi connectivity index (χ4n) is 1.22. The molecule has 0 spiro atoms. The van der Waals surface area contributed by atoms with E-state index in [1.54, 1.807) is 6.07 Å². The van der Waals surface area contributed by atoms with E-state index in [1.165, 1.54) is 19.3 Å². The highest BCUT2D eigenvalue weighted by Crippen LogP contribution is 2.00. The zero-order chi connectivity index (χ0) is 14.3. The topological polar surface area (TPSA) is 112 Å². The molecule has 2 amide bonds. The first-order valence-electron chi connectivity index (χ1n) is 5.86. The Morgan fingerprint density at radius 3 is 2.74 bits per heavy atom. The van der Waals surface area contributed by atoms with Crippen LogP contribution >= 0.6 is 0 Å². The first-order chi connectivity index (χ1) is 8.94. The fraction of sp³-hybridized carbons (Fsp3) is 0.500. The van der Waals surface area contributed by atoms with Gasteiger partial charge in [0.25, 0.3) is 5.91 Å². The molecule has 1 unspecified atom stereocenters. The zero-order valence-electron chi connectivity index (χ0n) is 10.7.